The van der Waals surface area contributed by atoms with Crippen LogP contribution in [0.1, 0.15) is 19.8 Å². The Kier molecular flexibility index (Phi) is 3.21. The second-order valence-electron chi connectivity index (χ2n) is 3.91. The minimum atomic E-state index is -0.243. The monoisotopic (exact) mass is 210 g/mol. The molecule has 0 aromatic heterocycles. The van der Waals surface area contributed by atoms with E-state index < -0.39 is 0 Å². The molecule has 1 aromatic rings. The van der Waals surface area contributed by atoms with Crippen LogP contribution in [0.15, 0.2) is 24.3 Å². The van der Waals surface area contributed by atoms with E-state index in [2.05, 4.69) is 6.92 Å². The normalized spacial score (nSPS) is 25.5. The van der Waals surface area contributed by atoms with Crippen molar-refractivity contribution in [3.05, 3.63) is 30.1 Å². The molecule has 1 fully saturated rings. The Bertz CT molecular complexity index is 310. The predicted molar refractivity (Wildman–Crippen MR) is 55.5 cm³/mol. The summed E-state index contributed by atoms with van der Waals surface area (Å²) in [6.45, 7) is 2.62. The Balaban J connectivity index is 1.80. The predicted octanol–water partition coefficient (Wildman–Crippen LogP) is 2.77. The second kappa shape index (κ2) is 4.62. The highest BCUT2D eigenvalue weighted by Gasteiger charge is 2.21. The molecule has 15 heavy (non-hydrogen) atoms. The molecule has 1 heterocycles. The molecule has 2 rings (SSSR count). The molecule has 0 N–H and O–H groups in total. The molecule has 3 heteroatoms. The first-order chi connectivity index (χ1) is 7.24. The molecule has 0 bridgehead atoms. The first-order valence-corrected chi connectivity index (χ1v) is 5.28. The average Bonchev–Trinajstić information content (AvgIpc) is 2.64. The van der Waals surface area contributed by atoms with Crippen LogP contribution in [0, 0.1) is 5.82 Å². The van der Waals surface area contributed by atoms with Crippen LogP contribution in [0.4, 0.5) is 4.39 Å². The fourth-order valence-corrected chi connectivity index (χ4v) is 1.73. The van der Waals surface area contributed by atoms with Gasteiger partial charge in [-0.15, -0.1) is 0 Å². The van der Waals surface area contributed by atoms with Crippen molar-refractivity contribution < 1.29 is 13.9 Å². The van der Waals surface area contributed by atoms with Gasteiger partial charge in [-0.2, -0.15) is 0 Å². The highest BCUT2D eigenvalue weighted by molar-refractivity contribution is 5.22. The van der Waals surface area contributed by atoms with E-state index in [1.54, 1.807) is 12.1 Å². The Morgan fingerprint density at radius 2 is 2.07 bits per heavy atom. The van der Waals surface area contributed by atoms with E-state index >= 15 is 0 Å². The van der Waals surface area contributed by atoms with Gasteiger partial charge in [0.05, 0.1) is 12.2 Å². The summed E-state index contributed by atoms with van der Waals surface area (Å²) in [5.41, 5.74) is 0. The number of hydrogen-bond donors (Lipinski definition) is 0. The van der Waals surface area contributed by atoms with Gasteiger partial charge >= 0.3 is 0 Å². The van der Waals surface area contributed by atoms with E-state index in [0.717, 1.165) is 12.8 Å². The van der Waals surface area contributed by atoms with Gasteiger partial charge < -0.3 is 9.47 Å². The zero-order chi connectivity index (χ0) is 10.7. The molecule has 0 unspecified atom stereocenters. The molecule has 82 valence electrons. The maximum absolute atomic E-state index is 12.6. The minimum absolute atomic E-state index is 0.185. The lowest BCUT2D eigenvalue weighted by Crippen LogP contribution is -2.17. The third kappa shape index (κ3) is 2.93. The summed E-state index contributed by atoms with van der Waals surface area (Å²) in [7, 11) is 0. The van der Waals surface area contributed by atoms with Crippen LogP contribution in [0.25, 0.3) is 0 Å². The van der Waals surface area contributed by atoms with E-state index in [9.17, 15) is 4.39 Å². The minimum Gasteiger partial charge on any atom is -0.491 e. The van der Waals surface area contributed by atoms with Gasteiger partial charge in [-0.3, -0.25) is 0 Å². The Hall–Kier alpha value is -1.09. The molecule has 0 aliphatic carbocycles. The molecule has 0 radical (unpaired) electrons. The maximum atomic E-state index is 12.6. The van der Waals surface area contributed by atoms with Gasteiger partial charge in [-0.05, 0) is 44.0 Å². The first kappa shape index (κ1) is 10.4. The highest BCUT2D eigenvalue weighted by Crippen LogP contribution is 2.20. The van der Waals surface area contributed by atoms with Crippen molar-refractivity contribution in [3.63, 3.8) is 0 Å². The smallest absolute Gasteiger partial charge is 0.123 e. The largest absolute Gasteiger partial charge is 0.491 e. The Labute approximate surface area is 89.0 Å². The van der Waals surface area contributed by atoms with Gasteiger partial charge in [0.1, 0.15) is 18.2 Å². The summed E-state index contributed by atoms with van der Waals surface area (Å²) in [5, 5.41) is 0. The number of rotatable bonds is 3. The molecule has 0 amide bonds. The fraction of sp³-hybridized carbons (Fsp3) is 0.500. The summed E-state index contributed by atoms with van der Waals surface area (Å²) >= 11 is 0. The van der Waals surface area contributed by atoms with E-state index in [-0.39, 0.29) is 11.9 Å². The van der Waals surface area contributed by atoms with Gasteiger partial charge in [0.2, 0.25) is 0 Å². The summed E-state index contributed by atoms with van der Waals surface area (Å²) in [6, 6.07) is 6.06. The lowest BCUT2D eigenvalue weighted by Gasteiger charge is -2.12. The van der Waals surface area contributed by atoms with Crippen molar-refractivity contribution in [1.82, 2.24) is 0 Å². The van der Waals surface area contributed by atoms with Crippen LogP contribution in [0.3, 0.4) is 0 Å². The molecular formula is C12H15FO2. The van der Waals surface area contributed by atoms with Crippen LogP contribution in [0.5, 0.6) is 5.75 Å². The molecule has 0 saturated carbocycles. The van der Waals surface area contributed by atoms with E-state index in [4.69, 9.17) is 9.47 Å². The molecule has 1 aliphatic heterocycles. The van der Waals surface area contributed by atoms with Crippen molar-refractivity contribution in [1.29, 1.82) is 0 Å². The zero-order valence-electron chi connectivity index (χ0n) is 8.78. The van der Waals surface area contributed by atoms with Crippen LogP contribution in [-0.2, 0) is 4.74 Å². The Morgan fingerprint density at radius 3 is 2.67 bits per heavy atom. The van der Waals surface area contributed by atoms with Crippen molar-refractivity contribution >= 4 is 0 Å². The second-order valence-corrected chi connectivity index (χ2v) is 3.91. The summed E-state index contributed by atoms with van der Waals surface area (Å²) in [4.78, 5) is 0. The molecule has 2 atom stereocenters. The standard InChI is InChI=1S/C12H15FO2/c1-9-2-5-12(15-9)8-14-11-6-3-10(13)4-7-11/h3-4,6-7,9,12H,2,5,8H2,1H3/t9-,12-/m1/s1. The number of benzene rings is 1. The molecular weight excluding hydrogens is 195 g/mol. The fourth-order valence-electron chi connectivity index (χ4n) is 1.73. The average molecular weight is 210 g/mol. The van der Waals surface area contributed by atoms with Crippen LogP contribution in [0.2, 0.25) is 0 Å². The van der Waals surface area contributed by atoms with Gasteiger partial charge in [0, 0.05) is 0 Å². The SMILES string of the molecule is C[C@@H]1CC[C@H](COc2ccc(F)cc2)O1. The topological polar surface area (TPSA) is 18.5 Å². The molecule has 2 nitrogen and oxygen atoms in total. The number of ether oxygens (including phenoxy) is 2. The van der Waals surface area contributed by atoms with Crippen molar-refractivity contribution in [3.8, 4) is 5.75 Å². The third-order valence-corrected chi connectivity index (χ3v) is 2.57. The summed E-state index contributed by atoms with van der Waals surface area (Å²) in [5.74, 6) is 0.452. The van der Waals surface area contributed by atoms with Crippen molar-refractivity contribution in [2.45, 2.75) is 32.0 Å². The molecule has 1 aromatic carbocycles. The van der Waals surface area contributed by atoms with Crippen LogP contribution >= 0.6 is 0 Å². The van der Waals surface area contributed by atoms with E-state index in [1.165, 1.54) is 12.1 Å². The van der Waals surface area contributed by atoms with Gasteiger partial charge in [0.15, 0.2) is 0 Å². The summed E-state index contributed by atoms with van der Waals surface area (Å²) < 4.78 is 23.7. The number of halogens is 1. The van der Waals surface area contributed by atoms with Crippen molar-refractivity contribution in [2.24, 2.45) is 0 Å². The van der Waals surface area contributed by atoms with Gasteiger partial charge in [0.25, 0.3) is 0 Å². The molecule has 1 saturated heterocycles. The quantitative estimate of drug-likeness (QED) is 0.763. The first-order valence-electron chi connectivity index (χ1n) is 5.28. The van der Waals surface area contributed by atoms with Crippen LogP contribution < -0.4 is 4.74 Å². The van der Waals surface area contributed by atoms with E-state index in [1.807, 2.05) is 0 Å². The van der Waals surface area contributed by atoms with Gasteiger partial charge in [-0.25, -0.2) is 4.39 Å². The van der Waals surface area contributed by atoms with Crippen LogP contribution in [-0.4, -0.2) is 18.8 Å². The Morgan fingerprint density at radius 1 is 1.33 bits per heavy atom. The molecule has 1 aliphatic rings. The maximum Gasteiger partial charge on any atom is 0.123 e. The van der Waals surface area contributed by atoms with E-state index in [0.29, 0.717) is 18.5 Å². The zero-order valence-corrected chi connectivity index (χ0v) is 8.78. The highest BCUT2D eigenvalue weighted by atomic mass is 19.1. The molecule has 0 spiro atoms. The van der Waals surface area contributed by atoms with Crippen molar-refractivity contribution in [2.75, 3.05) is 6.61 Å². The lowest BCUT2D eigenvalue weighted by atomic mass is 10.2. The third-order valence-electron chi connectivity index (χ3n) is 2.57. The lowest BCUT2D eigenvalue weighted by molar-refractivity contribution is 0.0264. The number of hydrogen-bond acceptors (Lipinski definition) is 2. The summed E-state index contributed by atoms with van der Waals surface area (Å²) in [6.07, 6.45) is 2.66. The van der Waals surface area contributed by atoms with Gasteiger partial charge in [-0.1, -0.05) is 0 Å².